The summed E-state index contributed by atoms with van der Waals surface area (Å²) in [6.45, 7) is 6.43. The highest BCUT2D eigenvalue weighted by Gasteiger charge is 2.19. The molecule has 1 aliphatic heterocycles. The molecule has 0 radical (unpaired) electrons. The summed E-state index contributed by atoms with van der Waals surface area (Å²) in [5.41, 5.74) is 2.06. The molecule has 1 aliphatic rings. The second kappa shape index (κ2) is 6.65. The van der Waals surface area contributed by atoms with Gasteiger partial charge in [0.15, 0.2) is 0 Å². The maximum absolute atomic E-state index is 11.3. The van der Waals surface area contributed by atoms with Gasteiger partial charge in [-0.3, -0.25) is 14.7 Å². The average molecular weight is 300 g/mol. The number of hydrogen-bond acceptors (Lipinski definition) is 5. The number of aromatic nitrogens is 4. The molecule has 0 spiro atoms. The third-order valence-electron chi connectivity index (χ3n) is 3.86. The molecule has 1 amide bonds. The Kier molecular flexibility index (Phi) is 4.43. The second-order valence-electron chi connectivity index (χ2n) is 5.55. The standard InChI is InChI=1S/C15H20N6O/c1-13(22)20-7-5-19(6-8-20)11-15-12-21(18-17-15)10-14-3-2-4-16-9-14/h2-4,9,12H,5-8,10-11H2,1H3. The van der Waals surface area contributed by atoms with E-state index >= 15 is 0 Å². The van der Waals surface area contributed by atoms with Crippen molar-refractivity contribution in [2.75, 3.05) is 26.2 Å². The minimum atomic E-state index is 0.155. The fourth-order valence-electron chi connectivity index (χ4n) is 2.62. The van der Waals surface area contributed by atoms with Gasteiger partial charge in [0.2, 0.25) is 5.91 Å². The normalized spacial score (nSPS) is 16.0. The maximum Gasteiger partial charge on any atom is 0.219 e. The Labute approximate surface area is 129 Å². The molecule has 2 aromatic heterocycles. The molecule has 1 fully saturated rings. The fourth-order valence-corrected chi connectivity index (χ4v) is 2.62. The molecule has 0 atom stereocenters. The monoisotopic (exact) mass is 300 g/mol. The van der Waals surface area contributed by atoms with Crippen LogP contribution in [0.15, 0.2) is 30.7 Å². The zero-order valence-electron chi connectivity index (χ0n) is 12.7. The van der Waals surface area contributed by atoms with E-state index in [4.69, 9.17) is 0 Å². The van der Waals surface area contributed by atoms with Crippen LogP contribution in [0.5, 0.6) is 0 Å². The van der Waals surface area contributed by atoms with E-state index in [1.165, 1.54) is 0 Å². The van der Waals surface area contributed by atoms with E-state index in [1.807, 2.05) is 34.1 Å². The molecular formula is C15H20N6O. The Bertz CT molecular complexity index is 618. The number of pyridine rings is 1. The van der Waals surface area contributed by atoms with E-state index in [-0.39, 0.29) is 5.91 Å². The van der Waals surface area contributed by atoms with Gasteiger partial charge in [-0.05, 0) is 11.6 Å². The van der Waals surface area contributed by atoms with E-state index < -0.39 is 0 Å². The van der Waals surface area contributed by atoms with Crippen molar-refractivity contribution >= 4 is 5.91 Å². The van der Waals surface area contributed by atoms with Crippen LogP contribution in [0.1, 0.15) is 18.2 Å². The van der Waals surface area contributed by atoms with E-state index in [0.717, 1.165) is 44.0 Å². The van der Waals surface area contributed by atoms with Crippen LogP contribution in [-0.2, 0) is 17.9 Å². The summed E-state index contributed by atoms with van der Waals surface area (Å²) in [6, 6.07) is 3.94. The highest BCUT2D eigenvalue weighted by molar-refractivity contribution is 5.73. The predicted octanol–water partition coefficient (Wildman–Crippen LogP) is 0.385. The Balaban J connectivity index is 1.53. The number of rotatable bonds is 4. The van der Waals surface area contributed by atoms with Crippen molar-refractivity contribution < 1.29 is 4.79 Å². The van der Waals surface area contributed by atoms with Gasteiger partial charge in [0.05, 0.1) is 18.4 Å². The third kappa shape index (κ3) is 3.67. The van der Waals surface area contributed by atoms with Gasteiger partial charge in [0.25, 0.3) is 0 Å². The van der Waals surface area contributed by atoms with E-state index in [9.17, 15) is 4.79 Å². The number of amides is 1. The van der Waals surface area contributed by atoms with Gasteiger partial charge >= 0.3 is 0 Å². The topological polar surface area (TPSA) is 67.2 Å². The molecule has 0 unspecified atom stereocenters. The van der Waals surface area contributed by atoms with Crippen LogP contribution >= 0.6 is 0 Å². The summed E-state index contributed by atoms with van der Waals surface area (Å²) < 4.78 is 1.83. The largest absolute Gasteiger partial charge is 0.340 e. The molecule has 0 N–H and O–H groups in total. The molecule has 2 aromatic rings. The number of carbonyl (C=O) groups is 1. The Morgan fingerprint density at radius 2 is 2.05 bits per heavy atom. The van der Waals surface area contributed by atoms with Gasteiger partial charge in [-0.15, -0.1) is 5.10 Å². The SMILES string of the molecule is CC(=O)N1CCN(Cc2cn(Cc3cccnc3)nn2)CC1. The van der Waals surface area contributed by atoms with E-state index in [1.54, 1.807) is 13.1 Å². The Morgan fingerprint density at radius 3 is 2.73 bits per heavy atom. The van der Waals surface area contributed by atoms with Crippen molar-refractivity contribution in [3.05, 3.63) is 42.0 Å². The first-order chi connectivity index (χ1) is 10.7. The zero-order valence-corrected chi connectivity index (χ0v) is 12.7. The van der Waals surface area contributed by atoms with Crippen molar-refractivity contribution in [3.8, 4) is 0 Å². The smallest absolute Gasteiger partial charge is 0.219 e. The molecule has 7 nitrogen and oxygen atoms in total. The predicted molar refractivity (Wildman–Crippen MR) is 80.9 cm³/mol. The first-order valence-corrected chi connectivity index (χ1v) is 7.46. The molecule has 7 heteroatoms. The van der Waals surface area contributed by atoms with Crippen molar-refractivity contribution in [1.82, 2.24) is 29.8 Å². The molecule has 3 heterocycles. The molecule has 3 rings (SSSR count). The van der Waals surface area contributed by atoms with Crippen LogP contribution in [-0.4, -0.2) is 61.9 Å². The third-order valence-corrected chi connectivity index (χ3v) is 3.86. The Hall–Kier alpha value is -2.28. The summed E-state index contributed by atoms with van der Waals surface area (Å²) in [7, 11) is 0. The van der Waals surface area contributed by atoms with E-state index in [2.05, 4.69) is 20.2 Å². The van der Waals surface area contributed by atoms with Crippen molar-refractivity contribution in [3.63, 3.8) is 0 Å². The van der Waals surface area contributed by atoms with Gasteiger partial charge in [0, 0.05) is 52.0 Å². The summed E-state index contributed by atoms with van der Waals surface area (Å²) in [5, 5.41) is 8.40. The number of piperazine rings is 1. The van der Waals surface area contributed by atoms with Gasteiger partial charge in [-0.25, -0.2) is 4.68 Å². The quantitative estimate of drug-likeness (QED) is 0.817. The van der Waals surface area contributed by atoms with Crippen LogP contribution < -0.4 is 0 Å². The summed E-state index contributed by atoms with van der Waals surface area (Å²) in [6.07, 6.45) is 5.57. The molecule has 0 saturated carbocycles. The maximum atomic E-state index is 11.3. The second-order valence-corrected chi connectivity index (χ2v) is 5.55. The molecule has 1 saturated heterocycles. The van der Waals surface area contributed by atoms with Crippen molar-refractivity contribution in [2.45, 2.75) is 20.0 Å². The highest BCUT2D eigenvalue weighted by atomic mass is 16.2. The van der Waals surface area contributed by atoms with Gasteiger partial charge in [-0.1, -0.05) is 11.3 Å². The molecule has 0 bridgehead atoms. The lowest BCUT2D eigenvalue weighted by molar-refractivity contribution is -0.130. The minimum absolute atomic E-state index is 0.155. The summed E-state index contributed by atoms with van der Waals surface area (Å²) in [4.78, 5) is 19.6. The highest BCUT2D eigenvalue weighted by Crippen LogP contribution is 2.07. The van der Waals surface area contributed by atoms with Crippen LogP contribution in [0.25, 0.3) is 0 Å². The van der Waals surface area contributed by atoms with Crippen LogP contribution in [0.2, 0.25) is 0 Å². The molecule has 116 valence electrons. The zero-order chi connectivity index (χ0) is 15.4. The van der Waals surface area contributed by atoms with Gasteiger partial charge < -0.3 is 4.90 Å². The lowest BCUT2D eigenvalue weighted by atomic mass is 10.3. The van der Waals surface area contributed by atoms with Gasteiger partial charge in [0.1, 0.15) is 0 Å². The summed E-state index contributed by atoms with van der Waals surface area (Å²) in [5.74, 6) is 0.155. The number of hydrogen-bond donors (Lipinski definition) is 0. The fraction of sp³-hybridized carbons (Fsp3) is 0.467. The van der Waals surface area contributed by atoms with Crippen LogP contribution in [0, 0.1) is 0 Å². The molecular weight excluding hydrogens is 280 g/mol. The van der Waals surface area contributed by atoms with Crippen molar-refractivity contribution in [1.29, 1.82) is 0 Å². The Morgan fingerprint density at radius 1 is 1.23 bits per heavy atom. The van der Waals surface area contributed by atoms with E-state index in [0.29, 0.717) is 6.54 Å². The van der Waals surface area contributed by atoms with Crippen molar-refractivity contribution in [2.24, 2.45) is 0 Å². The number of carbonyl (C=O) groups excluding carboxylic acids is 1. The van der Waals surface area contributed by atoms with Crippen LogP contribution in [0.4, 0.5) is 0 Å². The van der Waals surface area contributed by atoms with Gasteiger partial charge in [-0.2, -0.15) is 0 Å². The first-order valence-electron chi connectivity index (χ1n) is 7.46. The lowest BCUT2D eigenvalue weighted by Gasteiger charge is -2.33. The molecule has 0 aromatic carbocycles. The summed E-state index contributed by atoms with van der Waals surface area (Å²) >= 11 is 0. The first kappa shape index (κ1) is 14.6. The number of nitrogens with zero attached hydrogens (tertiary/aromatic N) is 6. The average Bonchev–Trinajstić information content (AvgIpc) is 2.96. The molecule has 0 aliphatic carbocycles. The molecule has 22 heavy (non-hydrogen) atoms. The van der Waals surface area contributed by atoms with Crippen LogP contribution in [0.3, 0.4) is 0 Å². The minimum Gasteiger partial charge on any atom is -0.340 e. The lowest BCUT2D eigenvalue weighted by Crippen LogP contribution is -2.47.